The second kappa shape index (κ2) is 18.2. The standard InChI is InChI=1S/C29H44N2O3S/c1-2-3-4-5-6-7-8-9-10-11-12-13-14-15-16-19-24-30-27-20-17-18-21-28(27)35-29(30)23-22-26(25-32)31(33)34/h17-18,20-23,25H,2-16,19,24H2,1H3. The van der Waals surface area contributed by atoms with Gasteiger partial charge in [-0.2, -0.15) is 0 Å². The molecule has 0 amide bonds. The smallest absolute Gasteiger partial charge is 0.308 e. The Morgan fingerprint density at radius 3 is 1.89 bits per heavy atom. The molecule has 6 heteroatoms. The van der Waals surface area contributed by atoms with Gasteiger partial charge in [0.15, 0.2) is 0 Å². The SMILES string of the molecule is CCCCCCCCCCCCCCCCCCN1C(=CC=C(C=O)[N+](=O)[O-])Sc2ccccc21. The highest BCUT2D eigenvalue weighted by Crippen LogP contribution is 2.45. The van der Waals surface area contributed by atoms with Crippen molar-refractivity contribution >= 4 is 23.7 Å². The molecule has 1 aromatic rings. The predicted octanol–water partition coefficient (Wildman–Crippen LogP) is 9.06. The Hall–Kier alpha value is -2.08. The number of anilines is 1. The maximum atomic E-state index is 10.9. The number of para-hydroxylation sites is 1. The summed E-state index contributed by atoms with van der Waals surface area (Å²) in [7, 11) is 0. The van der Waals surface area contributed by atoms with Crippen LogP contribution in [0.5, 0.6) is 0 Å². The number of benzene rings is 1. The molecule has 0 atom stereocenters. The minimum absolute atomic E-state index is 0.295. The van der Waals surface area contributed by atoms with Gasteiger partial charge < -0.3 is 4.90 Å². The first-order valence-corrected chi connectivity index (χ1v) is 14.5. The van der Waals surface area contributed by atoms with E-state index < -0.39 is 10.6 Å². The van der Waals surface area contributed by atoms with E-state index in [1.165, 1.54) is 102 Å². The van der Waals surface area contributed by atoms with Crippen LogP contribution in [0.15, 0.2) is 52.0 Å². The van der Waals surface area contributed by atoms with Crippen molar-refractivity contribution in [2.24, 2.45) is 0 Å². The molecular formula is C29H44N2O3S. The third-order valence-electron chi connectivity index (χ3n) is 6.60. The van der Waals surface area contributed by atoms with Gasteiger partial charge in [-0.05, 0) is 24.6 Å². The van der Waals surface area contributed by atoms with Crippen molar-refractivity contribution in [3.05, 3.63) is 57.3 Å². The number of hydrogen-bond donors (Lipinski definition) is 0. The Morgan fingerprint density at radius 1 is 0.857 bits per heavy atom. The number of carbonyl (C=O) groups excluding carboxylic acids is 1. The van der Waals surface area contributed by atoms with Gasteiger partial charge in [0, 0.05) is 17.5 Å². The van der Waals surface area contributed by atoms with Crippen molar-refractivity contribution in [1.29, 1.82) is 0 Å². The molecule has 0 bridgehead atoms. The quantitative estimate of drug-likeness (QED) is 0.0587. The molecule has 1 aliphatic heterocycles. The number of allylic oxidation sites excluding steroid dienone is 3. The Balaban J connectivity index is 1.59. The van der Waals surface area contributed by atoms with Crippen molar-refractivity contribution in [3.8, 4) is 0 Å². The molecule has 0 N–H and O–H groups in total. The number of carbonyl (C=O) groups is 1. The lowest BCUT2D eigenvalue weighted by atomic mass is 10.0. The number of thioether (sulfide) groups is 1. The summed E-state index contributed by atoms with van der Waals surface area (Å²) in [5, 5.41) is 11.9. The minimum atomic E-state index is -0.642. The molecular weight excluding hydrogens is 456 g/mol. The van der Waals surface area contributed by atoms with Crippen LogP contribution in [-0.2, 0) is 4.79 Å². The van der Waals surface area contributed by atoms with E-state index in [0.717, 1.165) is 28.6 Å². The van der Waals surface area contributed by atoms with Gasteiger partial charge in [0.1, 0.15) is 0 Å². The van der Waals surface area contributed by atoms with Crippen LogP contribution in [0.25, 0.3) is 0 Å². The summed E-state index contributed by atoms with van der Waals surface area (Å²) in [6.07, 6.45) is 24.9. The average molecular weight is 501 g/mol. The van der Waals surface area contributed by atoms with E-state index in [-0.39, 0.29) is 0 Å². The van der Waals surface area contributed by atoms with Gasteiger partial charge in [-0.3, -0.25) is 14.9 Å². The topological polar surface area (TPSA) is 63.5 Å². The van der Waals surface area contributed by atoms with Crippen LogP contribution < -0.4 is 4.90 Å². The van der Waals surface area contributed by atoms with Gasteiger partial charge >= 0.3 is 5.70 Å². The fraction of sp³-hybridized carbons (Fsp3) is 0.621. The molecule has 1 aromatic carbocycles. The van der Waals surface area contributed by atoms with Gasteiger partial charge in [-0.15, -0.1) is 0 Å². The second-order valence-electron chi connectivity index (χ2n) is 9.50. The lowest BCUT2D eigenvalue weighted by molar-refractivity contribution is -0.417. The van der Waals surface area contributed by atoms with Crippen molar-refractivity contribution < 1.29 is 9.72 Å². The summed E-state index contributed by atoms with van der Waals surface area (Å²) in [5.41, 5.74) is 0.725. The van der Waals surface area contributed by atoms with Crippen molar-refractivity contribution in [3.63, 3.8) is 0 Å². The third kappa shape index (κ3) is 11.5. The molecule has 0 radical (unpaired) electrons. The Labute approximate surface area is 216 Å². The number of hydrogen-bond acceptors (Lipinski definition) is 5. The summed E-state index contributed by atoms with van der Waals surface area (Å²) >= 11 is 1.60. The Morgan fingerprint density at radius 2 is 1.37 bits per heavy atom. The first-order chi connectivity index (χ1) is 17.2. The summed E-state index contributed by atoms with van der Waals surface area (Å²) < 4.78 is 0. The fourth-order valence-corrected chi connectivity index (χ4v) is 5.62. The molecule has 0 aromatic heterocycles. The van der Waals surface area contributed by atoms with Crippen LogP contribution in [0.4, 0.5) is 5.69 Å². The van der Waals surface area contributed by atoms with Gasteiger partial charge in [-0.1, -0.05) is 127 Å². The van der Waals surface area contributed by atoms with Crippen LogP contribution in [0.3, 0.4) is 0 Å². The molecule has 1 heterocycles. The number of rotatable bonds is 20. The summed E-state index contributed by atoms with van der Waals surface area (Å²) in [5.74, 6) is 0. The monoisotopic (exact) mass is 500 g/mol. The van der Waals surface area contributed by atoms with E-state index >= 15 is 0 Å². The van der Waals surface area contributed by atoms with Crippen molar-refractivity contribution in [2.45, 2.75) is 115 Å². The highest BCUT2D eigenvalue weighted by atomic mass is 32.2. The number of fused-ring (bicyclic) bond motifs is 1. The maximum absolute atomic E-state index is 10.9. The average Bonchev–Trinajstić information content (AvgIpc) is 3.21. The summed E-state index contributed by atoms with van der Waals surface area (Å²) in [4.78, 5) is 24.6. The molecule has 0 saturated carbocycles. The minimum Gasteiger partial charge on any atom is -0.335 e. The molecule has 0 unspecified atom stereocenters. The van der Waals surface area contributed by atoms with Crippen molar-refractivity contribution in [1.82, 2.24) is 0 Å². The predicted molar refractivity (Wildman–Crippen MR) is 148 cm³/mol. The maximum Gasteiger partial charge on any atom is 0.308 e. The van der Waals surface area contributed by atoms with Gasteiger partial charge in [0.05, 0.1) is 15.6 Å². The lowest BCUT2D eigenvalue weighted by Gasteiger charge is -2.20. The van der Waals surface area contributed by atoms with E-state index in [4.69, 9.17) is 0 Å². The Bertz CT molecular complexity index is 822. The largest absolute Gasteiger partial charge is 0.335 e. The van der Waals surface area contributed by atoms with E-state index in [0.29, 0.717) is 6.29 Å². The second-order valence-corrected chi connectivity index (χ2v) is 10.6. The fourth-order valence-electron chi connectivity index (χ4n) is 4.53. The Kier molecular flexibility index (Phi) is 15.2. The molecule has 0 aliphatic carbocycles. The number of aldehydes is 1. The molecule has 0 fully saturated rings. The van der Waals surface area contributed by atoms with Crippen molar-refractivity contribution in [2.75, 3.05) is 11.4 Å². The lowest BCUT2D eigenvalue weighted by Crippen LogP contribution is -2.19. The van der Waals surface area contributed by atoms with Gasteiger partial charge in [0.25, 0.3) is 0 Å². The zero-order chi connectivity index (χ0) is 25.1. The van der Waals surface area contributed by atoms with Crippen LogP contribution >= 0.6 is 11.8 Å². The van der Waals surface area contributed by atoms with Crippen LogP contribution in [-0.4, -0.2) is 17.8 Å². The van der Waals surface area contributed by atoms with E-state index in [1.807, 2.05) is 12.1 Å². The number of unbranched alkanes of at least 4 members (excludes halogenated alkanes) is 15. The molecule has 35 heavy (non-hydrogen) atoms. The molecule has 194 valence electrons. The summed E-state index contributed by atoms with van der Waals surface area (Å²) in [6, 6.07) is 8.19. The molecule has 5 nitrogen and oxygen atoms in total. The number of nitro groups is 1. The van der Waals surface area contributed by atoms with Gasteiger partial charge in [-0.25, -0.2) is 0 Å². The summed E-state index contributed by atoms with van der Waals surface area (Å²) in [6.45, 7) is 3.16. The van der Waals surface area contributed by atoms with Crippen LogP contribution in [0, 0.1) is 10.1 Å². The van der Waals surface area contributed by atoms with E-state index in [1.54, 1.807) is 17.8 Å². The molecule has 2 rings (SSSR count). The van der Waals surface area contributed by atoms with Crippen LogP contribution in [0.1, 0.15) is 110 Å². The molecule has 0 spiro atoms. The number of nitrogens with zero attached hydrogens (tertiary/aromatic N) is 2. The van der Waals surface area contributed by atoms with Gasteiger partial charge in [0.2, 0.25) is 6.29 Å². The first-order valence-electron chi connectivity index (χ1n) is 13.7. The molecule has 1 aliphatic rings. The zero-order valence-corrected chi connectivity index (χ0v) is 22.4. The highest BCUT2D eigenvalue weighted by Gasteiger charge is 2.24. The van der Waals surface area contributed by atoms with Crippen LogP contribution in [0.2, 0.25) is 0 Å². The molecule has 0 saturated heterocycles. The normalized spacial score (nSPS) is 14.5. The van der Waals surface area contributed by atoms with E-state index in [9.17, 15) is 14.9 Å². The highest BCUT2D eigenvalue weighted by molar-refractivity contribution is 8.03. The van der Waals surface area contributed by atoms with E-state index in [2.05, 4.69) is 24.0 Å². The zero-order valence-electron chi connectivity index (χ0n) is 21.6. The third-order valence-corrected chi connectivity index (χ3v) is 7.73. The first kappa shape index (κ1) is 29.2.